The van der Waals surface area contributed by atoms with E-state index in [1.807, 2.05) is 42.2 Å². The summed E-state index contributed by atoms with van der Waals surface area (Å²) in [4.78, 5) is 27.9. The molecule has 0 spiro atoms. The number of nitrogens with zero attached hydrogens (tertiary/aromatic N) is 1. The van der Waals surface area contributed by atoms with Gasteiger partial charge in [-0.2, -0.15) is 0 Å². The summed E-state index contributed by atoms with van der Waals surface area (Å²) in [5.74, 6) is 0.0259. The van der Waals surface area contributed by atoms with Crippen LogP contribution in [0.1, 0.15) is 38.2 Å². The van der Waals surface area contributed by atoms with Crippen LogP contribution in [0, 0.1) is 17.2 Å². The molecule has 1 heterocycles. The summed E-state index contributed by atoms with van der Waals surface area (Å²) < 4.78 is 14.5. The molecule has 0 bridgehead atoms. The number of halogens is 1. The normalized spacial score (nSPS) is 21.3. The Morgan fingerprint density at radius 2 is 1.80 bits per heavy atom. The second-order valence-corrected chi connectivity index (χ2v) is 8.59. The Hall–Kier alpha value is -2.69. The number of rotatable bonds is 6. The largest absolute Gasteiger partial charge is 0.356 e. The minimum atomic E-state index is -0.684. The highest BCUT2D eigenvalue weighted by Crippen LogP contribution is 2.40. The van der Waals surface area contributed by atoms with E-state index < -0.39 is 5.41 Å². The Balaban J connectivity index is 1.65. The van der Waals surface area contributed by atoms with Crippen LogP contribution in [0.25, 0.3) is 11.1 Å². The van der Waals surface area contributed by atoms with E-state index in [0.717, 1.165) is 30.4 Å². The summed E-state index contributed by atoms with van der Waals surface area (Å²) in [6, 6.07) is 14.4. The maximum atomic E-state index is 14.5. The summed E-state index contributed by atoms with van der Waals surface area (Å²) in [7, 11) is 0. The molecule has 0 aromatic heterocycles. The molecule has 158 valence electrons. The molecule has 30 heavy (non-hydrogen) atoms. The van der Waals surface area contributed by atoms with Crippen LogP contribution in [0.2, 0.25) is 0 Å². The fourth-order valence-electron chi connectivity index (χ4n) is 4.71. The van der Waals surface area contributed by atoms with E-state index in [-0.39, 0.29) is 23.5 Å². The molecule has 2 aromatic rings. The maximum absolute atomic E-state index is 14.5. The first-order valence-electron chi connectivity index (χ1n) is 10.9. The van der Waals surface area contributed by atoms with E-state index in [4.69, 9.17) is 0 Å². The highest BCUT2D eigenvalue weighted by atomic mass is 19.1. The monoisotopic (exact) mass is 408 g/mol. The number of carbonyl (C=O) groups is 2. The third-order valence-electron chi connectivity index (χ3n) is 6.65. The van der Waals surface area contributed by atoms with Gasteiger partial charge in [0, 0.05) is 31.1 Å². The SMILES string of the molecule is CCNC(=O)[C@]1(Cc2ccccc2-c2ccccc2F)CCN(C(=O)C2CCC2)C1. The molecule has 4 nitrogen and oxygen atoms in total. The van der Waals surface area contributed by atoms with E-state index in [9.17, 15) is 14.0 Å². The van der Waals surface area contributed by atoms with Gasteiger partial charge in [-0.3, -0.25) is 9.59 Å². The molecule has 2 aliphatic rings. The molecular weight excluding hydrogens is 379 g/mol. The number of benzene rings is 2. The first-order valence-corrected chi connectivity index (χ1v) is 10.9. The van der Waals surface area contributed by atoms with Crippen molar-refractivity contribution in [2.24, 2.45) is 11.3 Å². The van der Waals surface area contributed by atoms with Crippen LogP contribution in [0.15, 0.2) is 48.5 Å². The molecule has 5 heteroatoms. The minimum Gasteiger partial charge on any atom is -0.356 e. The Bertz CT molecular complexity index is 940. The van der Waals surface area contributed by atoms with Crippen molar-refractivity contribution in [3.63, 3.8) is 0 Å². The molecule has 2 fully saturated rings. The summed E-state index contributed by atoms with van der Waals surface area (Å²) in [5.41, 5.74) is 1.60. The van der Waals surface area contributed by atoms with Crippen molar-refractivity contribution in [2.45, 2.75) is 39.0 Å². The zero-order chi connectivity index (χ0) is 21.1. The van der Waals surface area contributed by atoms with Crippen molar-refractivity contribution in [3.05, 3.63) is 59.9 Å². The van der Waals surface area contributed by atoms with Crippen molar-refractivity contribution in [1.29, 1.82) is 0 Å². The lowest BCUT2D eigenvalue weighted by molar-refractivity contribution is -0.138. The second kappa shape index (κ2) is 8.58. The van der Waals surface area contributed by atoms with Crippen molar-refractivity contribution in [1.82, 2.24) is 10.2 Å². The first kappa shape index (κ1) is 20.6. The van der Waals surface area contributed by atoms with Crippen LogP contribution in [0.4, 0.5) is 4.39 Å². The fraction of sp³-hybridized carbons (Fsp3) is 0.440. The Labute approximate surface area is 177 Å². The molecule has 1 aliphatic heterocycles. The molecule has 1 saturated carbocycles. The molecule has 0 unspecified atom stereocenters. The summed E-state index contributed by atoms with van der Waals surface area (Å²) in [6.45, 7) is 3.49. The van der Waals surface area contributed by atoms with Crippen LogP contribution in [0.5, 0.6) is 0 Å². The molecule has 2 amide bonds. The number of nitrogens with one attached hydrogen (secondary N) is 1. The van der Waals surface area contributed by atoms with Crippen LogP contribution >= 0.6 is 0 Å². The molecule has 1 atom stereocenters. The van der Waals surface area contributed by atoms with E-state index in [0.29, 0.717) is 38.0 Å². The van der Waals surface area contributed by atoms with Gasteiger partial charge >= 0.3 is 0 Å². The number of amides is 2. The molecule has 1 N–H and O–H groups in total. The lowest BCUT2D eigenvalue weighted by Crippen LogP contribution is -2.46. The summed E-state index contributed by atoms with van der Waals surface area (Å²) in [6.07, 6.45) is 4.14. The highest BCUT2D eigenvalue weighted by Gasteiger charge is 2.47. The number of hydrogen-bond donors (Lipinski definition) is 1. The van der Waals surface area contributed by atoms with Crippen molar-refractivity contribution in [2.75, 3.05) is 19.6 Å². The number of hydrogen-bond acceptors (Lipinski definition) is 2. The molecule has 1 saturated heterocycles. The molecule has 1 aliphatic carbocycles. The average molecular weight is 409 g/mol. The van der Waals surface area contributed by atoms with Crippen molar-refractivity contribution < 1.29 is 14.0 Å². The fourth-order valence-corrected chi connectivity index (χ4v) is 4.71. The third-order valence-corrected chi connectivity index (χ3v) is 6.65. The predicted octanol–water partition coefficient (Wildman–Crippen LogP) is 4.19. The molecule has 4 rings (SSSR count). The Morgan fingerprint density at radius 1 is 1.10 bits per heavy atom. The van der Waals surface area contributed by atoms with E-state index in [1.54, 1.807) is 12.1 Å². The molecule has 0 radical (unpaired) electrons. The van der Waals surface area contributed by atoms with Gasteiger partial charge in [-0.15, -0.1) is 0 Å². The van der Waals surface area contributed by atoms with Crippen LogP contribution in [-0.4, -0.2) is 36.3 Å². The lowest BCUT2D eigenvalue weighted by Gasteiger charge is -2.32. The predicted molar refractivity (Wildman–Crippen MR) is 115 cm³/mol. The zero-order valence-electron chi connectivity index (χ0n) is 17.5. The summed E-state index contributed by atoms with van der Waals surface area (Å²) in [5, 5.41) is 2.98. The number of carbonyl (C=O) groups excluding carboxylic acids is 2. The van der Waals surface area contributed by atoms with Gasteiger partial charge < -0.3 is 10.2 Å². The van der Waals surface area contributed by atoms with Crippen LogP contribution in [0.3, 0.4) is 0 Å². The summed E-state index contributed by atoms with van der Waals surface area (Å²) >= 11 is 0. The number of likely N-dealkylation sites (tertiary alicyclic amines) is 1. The molecule has 2 aromatic carbocycles. The lowest BCUT2D eigenvalue weighted by atomic mass is 9.78. The van der Waals surface area contributed by atoms with E-state index >= 15 is 0 Å². The smallest absolute Gasteiger partial charge is 0.228 e. The van der Waals surface area contributed by atoms with Gasteiger partial charge in [0.05, 0.1) is 5.41 Å². The zero-order valence-corrected chi connectivity index (χ0v) is 17.5. The minimum absolute atomic E-state index is 0.0164. The van der Waals surface area contributed by atoms with Gasteiger partial charge in [-0.25, -0.2) is 4.39 Å². The highest BCUT2D eigenvalue weighted by molar-refractivity contribution is 5.87. The van der Waals surface area contributed by atoms with Gasteiger partial charge in [-0.1, -0.05) is 48.9 Å². The van der Waals surface area contributed by atoms with Crippen molar-refractivity contribution in [3.8, 4) is 11.1 Å². The second-order valence-electron chi connectivity index (χ2n) is 8.59. The molecular formula is C25H29FN2O2. The Morgan fingerprint density at radius 3 is 2.47 bits per heavy atom. The van der Waals surface area contributed by atoms with E-state index in [1.165, 1.54) is 6.07 Å². The Kier molecular flexibility index (Phi) is 5.89. The van der Waals surface area contributed by atoms with Gasteiger partial charge in [0.15, 0.2) is 0 Å². The van der Waals surface area contributed by atoms with Gasteiger partial charge in [-0.05, 0) is 49.8 Å². The van der Waals surface area contributed by atoms with Gasteiger partial charge in [0.1, 0.15) is 5.82 Å². The van der Waals surface area contributed by atoms with Crippen LogP contribution in [-0.2, 0) is 16.0 Å². The quantitative estimate of drug-likeness (QED) is 0.779. The van der Waals surface area contributed by atoms with Gasteiger partial charge in [0.2, 0.25) is 11.8 Å². The first-order chi connectivity index (χ1) is 14.5. The van der Waals surface area contributed by atoms with Gasteiger partial charge in [0.25, 0.3) is 0 Å². The third kappa shape index (κ3) is 3.85. The van der Waals surface area contributed by atoms with Crippen LogP contribution < -0.4 is 5.32 Å². The standard InChI is InChI=1S/C25H29FN2O2/c1-2-27-24(30)25(14-15-28(17-25)23(29)18-9-7-10-18)16-19-8-3-4-11-20(19)21-12-5-6-13-22(21)26/h3-6,8,11-13,18H,2,7,9-10,14-17H2,1H3,(H,27,30)/t25-/m0/s1. The van der Waals surface area contributed by atoms with Crippen molar-refractivity contribution >= 4 is 11.8 Å². The van der Waals surface area contributed by atoms with E-state index in [2.05, 4.69) is 5.32 Å². The topological polar surface area (TPSA) is 49.4 Å². The maximum Gasteiger partial charge on any atom is 0.228 e. The average Bonchev–Trinajstić information content (AvgIpc) is 3.13.